The van der Waals surface area contributed by atoms with Gasteiger partial charge in [0, 0.05) is 11.1 Å². The van der Waals surface area contributed by atoms with Gasteiger partial charge >= 0.3 is 0 Å². The molecule has 29 heavy (non-hydrogen) atoms. The van der Waals surface area contributed by atoms with E-state index in [1.165, 1.54) is 62.5 Å². The Labute approximate surface area is 174 Å². The van der Waals surface area contributed by atoms with Crippen LogP contribution in [-0.2, 0) is 0 Å². The first-order chi connectivity index (χ1) is 14.2. The van der Waals surface area contributed by atoms with Crippen molar-refractivity contribution in [2.45, 2.75) is 71.1 Å². The van der Waals surface area contributed by atoms with E-state index in [-0.39, 0.29) is 0 Å². The van der Waals surface area contributed by atoms with Crippen molar-refractivity contribution < 1.29 is 4.52 Å². The number of nitrogens with zero attached hydrogens (tertiary/aromatic N) is 2. The van der Waals surface area contributed by atoms with Crippen molar-refractivity contribution in [3.8, 4) is 22.8 Å². The zero-order chi connectivity index (χ0) is 20.1. The molecule has 1 heterocycles. The third-order valence-electron chi connectivity index (χ3n) is 6.39. The van der Waals surface area contributed by atoms with Crippen LogP contribution in [0.5, 0.6) is 0 Å². The van der Waals surface area contributed by atoms with Crippen LogP contribution in [0.15, 0.2) is 53.1 Å². The maximum absolute atomic E-state index is 5.50. The summed E-state index contributed by atoms with van der Waals surface area (Å²) in [5.41, 5.74) is 4.63. The summed E-state index contributed by atoms with van der Waals surface area (Å²) in [6.45, 7) is 4.36. The fourth-order valence-corrected chi connectivity index (χ4v) is 4.61. The quantitative estimate of drug-likeness (QED) is 0.392. The molecule has 0 radical (unpaired) electrons. The number of aromatic nitrogens is 2. The summed E-state index contributed by atoms with van der Waals surface area (Å²) in [7, 11) is 0. The van der Waals surface area contributed by atoms with Crippen LogP contribution in [0.1, 0.15) is 75.3 Å². The second kappa shape index (κ2) is 9.39. The molecule has 152 valence electrons. The van der Waals surface area contributed by atoms with Gasteiger partial charge in [-0.15, -0.1) is 0 Å². The third-order valence-corrected chi connectivity index (χ3v) is 6.39. The Morgan fingerprint density at radius 2 is 1.72 bits per heavy atom. The Balaban J connectivity index is 1.38. The molecule has 3 heteroatoms. The van der Waals surface area contributed by atoms with Crippen LogP contribution in [0, 0.1) is 12.8 Å². The summed E-state index contributed by atoms with van der Waals surface area (Å²) in [5, 5.41) is 4.19. The maximum Gasteiger partial charge on any atom is 0.258 e. The number of rotatable bonds is 7. The molecule has 1 aliphatic rings. The molecule has 0 bridgehead atoms. The predicted octanol–water partition coefficient (Wildman–Crippen LogP) is 7.57. The average Bonchev–Trinajstić information content (AvgIpc) is 3.25. The van der Waals surface area contributed by atoms with E-state index in [1.807, 2.05) is 12.1 Å². The normalized spacial score (nSPS) is 19.4. The van der Waals surface area contributed by atoms with Crippen molar-refractivity contribution in [2.75, 3.05) is 0 Å². The first-order valence-electron chi connectivity index (χ1n) is 11.2. The highest BCUT2D eigenvalue weighted by molar-refractivity contribution is 5.60. The molecule has 0 spiro atoms. The van der Waals surface area contributed by atoms with E-state index < -0.39 is 0 Å². The number of hydrogen-bond donors (Lipinski definition) is 0. The summed E-state index contributed by atoms with van der Waals surface area (Å²) in [5.74, 6) is 2.90. The highest BCUT2D eigenvalue weighted by Gasteiger charge is 2.22. The molecule has 4 rings (SSSR count). The number of benzene rings is 2. The molecule has 3 nitrogen and oxygen atoms in total. The second-order valence-corrected chi connectivity index (χ2v) is 8.63. The van der Waals surface area contributed by atoms with Crippen LogP contribution in [0.3, 0.4) is 0 Å². The standard InChI is InChI=1S/C26H32N2O/c1-3-4-5-8-20-10-12-21(13-11-20)22-14-16-23(17-15-22)25-27-26(29-28-25)24-9-6-7-19(2)18-24/h6-7,9,14-18,20-21H,3-5,8,10-13H2,1-2H3. The van der Waals surface area contributed by atoms with Crippen LogP contribution in [0.2, 0.25) is 0 Å². The zero-order valence-corrected chi connectivity index (χ0v) is 17.7. The fraction of sp³-hybridized carbons (Fsp3) is 0.462. The van der Waals surface area contributed by atoms with E-state index in [9.17, 15) is 0 Å². The van der Waals surface area contributed by atoms with E-state index >= 15 is 0 Å². The third kappa shape index (κ3) is 4.95. The fourth-order valence-electron chi connectivity index (χ4n) is 4.61. The lowest BCUT2D eigenvalue weighted by Gasteiger charge is -2.29. The summed E-state index contributed by atoms with van der Waals surface area (Å²) in [6, 6.07) is 17.0. The predicted molar refractivity (Wildman–Crippen MR) is 119 cm³/mol. The second-order valence-electron chi connectivity index (χ2n) is 8.63. The van der Waals surface area contributed by atoms with Gasteiger partial charge in [-0.3, -0.25) is 0 Å². The van der Waals surface area contributed by atoms with Gasteiger partial charge in [0.1, 0.15) is 0 Å². The molecular weight excluding hydrogens is 356 g/mol. The minimum absolute atomic E-state index is 0.578. The van der Waals surface area contributed by atoms with Gasteiger partial charge in [-0.1, -0.05) is 79.7 Å². The van der Waals surface area contributed by atoms with E-state index in [1.54, 1.807) is 0 Å². The van der Waals surface area contributed by atoms with Gasteiger partial charge < -0.3 is 4.52 Å². The minimum Gasteiger partial charge on any atom is -0.334 e. The van der Waals surface area contributed by atoms with Crippen LogP contribution >= 0.6 is 0 Å². The Kier molecular flexibility index (Phi) is 6.43. The Bertz CT molecular complexity index is 904. The number of hydrogen-bond acceptors (Lipinski definition) is 3. The molecule has 1 aromatic heterocycles. The van der Waals surface area contributed by atoms with Crippen LogP contribution < -0.4 is 0 Å². The van der Waals surface area contributed by atoms with E-state index in [0.717, 1.165) is 17.0 Å². The molecule has 0 unspecified atom stereocenters. The van der Waals surface area contributed by atoms with Crippen LogP contribution in [0.4, 0.5) is 0 Å². The lowest BCUT2D eigenvalue weighted by atomic mass is 9.77. The van der Waals surface area contributed by atoms with E-state index in [2.05, 4.69) is 60.4 Å². The van der Waals surface area contributed by atoms with Crippen molar-refractivity contribution in [3.05, 3.63) is 59.7 Å². The first kappa shape index (κ1) is 19.9. The topological polar surface area (TPSA) is 38.9 Å². The zero-order valence-electron chi connectivity index (χ0n) is 17.7. The maximum atomic E-state index is 5.50. The van der Waals surface area contributed by atoms with Crippen LogP contribution in [-0.4, -0.2) is 10.1 Å². The Morgan fingerprint density at radius 1 is 0.931 bits per heavy atom. The molecule has 0 atom stereocenters. The molecule has 0 N–H and O–H groups in total. The van der Waals surface area contributed by atoms with E-state index in [0.29, 0.717) is 17.6 Å². The molecule has 1 fully saturated rings. The molecule has 1 aliphatic carbocycles. The Hall–Kier alpha value is -2.42. The van der Waals surface area contributed by atoms with Crippen LogP contribution in [0.25, 0.3) is 22.8 Å². The summed E-state index contributed by atoms with van der Waals surface area (Å²) < 4.78 is 5.50. The molecule has 0 amide bonds. The number of unbranched alkanes of at least 4 members (excludes halogenated alkanes) is 2. The highest BCUT2D eigenvalue weighted by atomic mass is 16.5. The lowest BCUT2D eigenvalue weighted by Crippen LogP contribution is -2.13. The van der Waals surface area contributed by atoms with Crippen molar-refractivity contribution in [3.63, 3.8) is 0 Å². The summed E-state index contributed by atoms with van der Waals surface area (Å²) in [4.78, 5) is 4.60. The molecule has 0 aliphatic heterocycles. The SMILES string of the molecule is CCCCCC1CCC(c2ccc(-c3noc(-c4cccc(C)c4)n3)cc2)CC1. The minimum atomic E-state index is 0.578. The molecular formula is C26H32N2O. The van der Waals surface area contributed by atoms with Crippen molar-refractivity contribution >= 4 is 0 Å². The average molecular weight is 389 g/mol. The summed E-state index contributed by atoms with van der Waals surface area (Å²) >= 11 is 0. The van der Waals surface area contributed by atoms with Gasteiger partial charge in [0.2, 0.25) is 5.82 Å². The van der Waals surface area contributed by atoms with Gasteiger partial charge in [-0.05, 0) is 62.1 Å². The Morgan fingerprint density at radius 3 is 2.45 bits per heavy atom. The summed E-state index contributed by atoms with van der Waals surface area (Å²) in [6.07, 6.45) is 11.0. The van der Waals surface area contributed by atoms with Crippen molar-refractivity contribution in [1.29, 1.82) is 0 Å². The van der Waals surface area contributed by atoms with Gasteiger partial charge in [-0.2, -0.15) is 4.98 Å². The van der Waals surface area contributed by atoms with Gasteiger partial charge in [0.05, 0.1) is 0 Å². The van der Waals surface area contributed by atoms with E-state index in [4.69, 9.17) is 4.52 Å². The van der Waals surface area contributed by atoms with Gasteiger partial charge in [-0.25, -0.2) is 0 Å². The molecule has 1 saturated carbocycles. The molecule has 0 saturated heterocycles. The van der Waals surface area contributed by atoms with Gasteiger partial charge in [0.25, 0.3) is 5.89 Å². The lowest BCUT2D eigenvalue weighted by molar-refractivity contribution is 0.303. The van der Waals surface area contributed by atoms with Gasteiger partial charge in [0.15, 0.2) is 0 Å². The molecule has 3 aromatic rings. The first-order valence-corrected chi connectivity index (χ1v) is 11.2. The monoisotopic (exact) mass is 388 g/mol. The largest absolute Gasteiger partial charge is 0.334 e. The number of aryl methyl sites for hydroxylation is 1. The smallest absolute Gasteiger partial charge is 0.258 e. The highest BCUT2D eigenvalue weighted by Crippen LogP contribution is 2.38. The molecule has 2 aromatic carbocycles. The van der Waals surface area contributed by atoms with Crippen molar-refractivity contribution in [1.82, 2.24) is 10.1 Å². The van der Waals surface area contributed by atoms with Crippen molar-refractivity contribution in [2.24, 2.45) is 5.92 Å².